The minimum Gasteiger partial charge on any atom is -0.480 e. The maximum Gasteiger partial charge on any atom is 0.320 e. The van der Waals surface area contributed by atoms with E-state index >= 15 is 0 Å². The topological polar surface area (TPSA) is 119 Å². The Balaban J connectivity index is 4.40. The summed E-state index contributed by atoms with van der Waals surface area (Å²) in [6.45, 7) is 3.51. The summed E-state index contributed by atoms with van der Waals surface area (Å²) in [5.41, 5.74) is 16.5. The van der Waals surface area contributed by atoms with Crippen LogP contribution in [0.15, 0.2) is 0 Å². The molecule has 0 aromatic heterocycles. The van der Waals surface area contributed by atoms with Crippen molar-refractivity contribution in [2.45, 2.75) is 51.0 Å². The van der Waals surface area contributed by atoms with Crippen LogP contribution in [-0.2, 0) is 4.79 Å². The number of aliphatic carboxylic acids is 1. The predicted octanol–water partition coefficient (Wildman–Crippen LogP) is 0.348. The Labute approximate surface area is 122 Å². The van der Waals surface area contributed by atoms with Gasteiger partial charge in [-0.15, -0.1) is 0 Å². The van der Waals surface area contributed by atoms with Gasteiger partial charge in [0.1, 0.15) is 6.04 Å². The summed E-state index contributed by atoms with van der Waals surface area (Å²) in [6, 6.07) is -0.405. The number of nitrogens with zero attached hydrogens (tertiary/aromatic N) is 1. The van der Waals surface area contributed by atoms with Crippen molar-refractivity contribution in [3.8, 4) is 0 Å². The highest BCUT2D eigenvalue weighted by Crippen LogP contribution is 2.12. The van der Waals surface area contributed by atoms with Crippen LogP contribution in [-0.4, -0.2) is 54.7 Å². The van der Waals surface area contributed by atoms with Crippen molar-refractivity contribution in [2.75, 3.05) is 32.7 Å². The highest BCUT2D eigenvalue weighted by Gasteiger charge is 2.24. The fourth-order valence-electron chi connectivity index (χ4n) is 2.29. The third-order valence-electron chi connectivity index (χ3n) is 3.46. The monoisotopic (exact) mass is 288 g/mol. The van der Waals surface area contributed by atoms with Gasteiger partial charge in [-0.3, -0.25) is 9.69 Å². The fraction of sp³-hybridized carbons (Fsp3) is 0.929. The van der Waals surface area contributed by atoms with E-state index in [1.54, 1.807) is 0 Å². The molecule has 0 unspecified atom stereocenters. The van der Waals surface area contributed by atoms with Gasteiger partial charge in [0.05, 0.1) is 0 Å². The average molecular weight is 288 g/mol. The van der Waals surface area contributed by atoms with E-state index in [1.165, 1.54) is 0 Å². The Morgan fingerprint density at radius 2 is 1.30 bits per heavy atom. The number of carboxylic acid groups (broad SMARTS) is 1. The van der Waals surface area contributed by atoms with Crippen LogP contribution in [0.1, 0.15) is 44.9 Å². The van der Waals surface area contributed by atoms with Crippen LogP contribution in [0, 0.1) is 0 Å². The maximum atomic E-state index is 11.5. The van der Waals surface area contributed by atoms with Gasteiger partial charge in [0.15, 0.2) is 0 Å². The quantitative estimate of drug-likeness (QED) is 0.342. The zero-order valence-electron chi connectivity index (χ0n) is 12.6. The molecule has 0 bridgehead atoms. The van der Waals surface area contributed by atoms with Crippen molar-refractivity contribution in [3.63, 3.8) is 0 Å². The van der Waals surface area contributed by atoms with Gasteiger partial charge in [-0.05, 0) is 71.2 Å². The minimum atomic E-state index is -0.734. The molecule has 0 aromatic carbocycles. The molecule has 6 heteroatoms. The van der Waals surface area contributed by atoms with Gasteiger partial charge in [0, 0.05) is 0 Å². The molecule has 0 saturated heterocycles. The molecule has 0 aliphatic heterocycles. The molecule has 6 nitrogen and oxygen atoms in total. The first kappa shape index (κ1) is 19.3. The first-order chi connectivity index (χ1) is 9.67. The summed E-state index contributed by atoms with van der Waals surface area (Å²) in [7, 11) is 0. The van der Waals surface area contributed by atoms with Crippen molar-refractivity contribution in [1.82, 2.24) is 4.90 Å². The molecule has 0 aromatic rings. The number of unbranched alkanes of at least 4 members (excludes halogenated alkanes) is 3. The second-order valence-corrected chi connectivity index (χ2v) is 5.17. The third-order valence-corrected chi connectivity index (χ3v) is 3.46. The van der Waals surface area contributed by atoms with Gasteiger partial charge in [-0.2, -0.15) is 0 Å². The van der Waals surface area contributed by atoms with Crippen molar-refractivity contribution < 1.29 is 9.90 Å². The lowest BCUT2D eigenvalue weighted by molar-refractivity contribution is -0.143. The standard InChI is InChI=1S/C14H32N4O2/c15-8-2-1-7-13(14(19)20)18(11-5-3-9-16)12-6-4-10-17/h13H,1-12,15-17H2,(H,19,20)/t13-/m0/s1. The number of carbonyl (C=O) groups is 1. The first-order valence-electron chi connectivity index (χ1n) is 7.74. The molecular formula is C14H32N4O2. The Morgan fingerprint density at radius 1 is 0.850 bits per heavy atom. The van der Waals surface area contributed by atoms with Crippen LogP contribution in [0.5, 0.6) is 0 Å². The highest BCUT2D eigenvalue weighted by atomic mass is 16.4. The lowest BCUT2D eigenvalue weighted by Gasteiger charge is -2.29. The van der Waals surface area contributed by atoms with Crippen molar-refractivity contribution in [1.29, 1.82) is 0 Å². The summed E-state index contributed by atoms with van der Waals surface area (Å²) in [5.74, 6) is -0.734. The molecule has 120 valence electrons. The molecule has 0 fully saturated rings. The molecule has 20 heavy (non-hydrogen) atoms. The Morgan fingerprint density at radius 3 is 1.70 bits per heavy atom. The van der Waals surface area contributed by atoms with E-state index in [2.05, 4.69) is 4.90 Å². The van der Waals surface area contributed by atoms with E-state index in [9.17, 15) is 9.90 Å². The number of rotatable bonds is 14. The van der Waals surface area contributed by atoms with E-state index in [0.717, 1.165) is 51.6 Å². The van der Waals surface area contributed by atoms with Gasteiger partial charge in [-0.1, -0.05) is 6.42 Å². The molecule has 1 atom stereocenters. The van der Waals surface area contributed by atoms with Gasteiger partial charge in [0.25, 0.3) is 0 Å². The molecule has 0 heterocycles. The third kappa shape index (κ3) is 9.25. The number of carboxylic acids is 1. The van der Waals surface area contributed by atoms with E-state index in [-0.39, 0.29) is 0 Å². The summed E-state index contributed by atoms with van der Waals surface area (Å²) >= 11 is 0. The summed E-state index contributed by atoms with van der Waals surface area (Å²) < 4.78 is 0. The van der Waals surface area contributed by atoms with E-state index in [0.29, 0.717) is 26.1 Å². The number of nitrogens with two attached hydrogens (primary N) is 3. The Bertz CT molecular complexity index is 229. The normalized spacial score (nSPS) is 12.8. The van der Waals surface area contributed by atoms with E-state index in [1.807, 2.05) is 0 Å². The van der Waals surface area contributed by atoms with Crippen molar-refractivity contribution >= 4 is 5.97 Å². The maximum absolute atomic E-state index is 11.5. The summed E-state index contributed by atoms with van der Waals surface area (Å²) in [6.07, 6.45) is 6.16. The van der Waals surface area contributed by atoms with E-state index in [4.69, 9.17) is 17.2 Å². The van der Waals surface area contributed by atoms with Crippen LogP contribution in [0.25, 0.3) is 0 Å². The minimum absolute atomic E-state index is 0.405. The number of hydrogen-bond acceptors (Lipinski definition) is 5. The van der Waals surface area contributed by atoms with Crippen molar-refractivity contribution in [2.24, 2.45) is 17.2 Å². The zero-order valence-corrected chi connectivity index (χ0v) is 12.6. The SMILES string of the molecule is NCCCC[C@@H](C(=O)O)N(CCCCN)CCCCN. The van der Waals surface area contributed by atoms with Gasteiger partial charge >= 0.3 is 5.97 Å². The number of hydrogen-bond donors (Lipinski definition) is 4. The van der Waals surface area contributed by atoms with Crippen LogP contribution in [0.2, 0.25) is 0 Å². The zero-order chi connectivity index (χ0) is 15.2. The lowest BCUT2D eigenvalue weighted by Crippen LogP contribution is -2.42. The second-order valence-electron chi connectivity index (χ2n) is 5.17. The van der Waals surface area contributed by atoms with Gasteiger partial charge < -0.3 is 22.3 Å². The molecule has 0 spiro atoms. The molecule has 0 rings (SSSR count). The lowest BCUT2D eigenvalue weighted by atomic mass is 10.1. The fourth-order valence-corrected chi connectivity index (χ4v) is 2.29. The largest absolute Gasteiger partial charge is 0.480 e. The predicted molar refractivity (Wildman–Crippen MR) is 82.5 cm³/mol. The van der Waals surface area contributed by atoms with Crippen LogP contribution >= 0.6 is 0 Å². The molecule has 7 N–H and O–H groups in total. The second kappa shape index (κ2) is 13.3. The molecule has 0 saturated carbocycles. The molecule has 0 aliphatic carbocycles. The van der Waals surface area contributed by atoms with E-state index < -0.39 is 12.0 Å². The van der Waals surface area contributed by atoms with Gasteiger partial charge in [-0.25, -0.2) is 0 Å². The highest BCUT2D eigenvalue weighted by molar-refractivity contribution is 5.73. The smallest absolute Gasteiger partial charge is 0.320 e. The van der Waals surface area contributed by atoms with Crippen LogP contribution in [0.3, 0.4) is 0 Å². The summed E-state index contributed by atoms with van der Waals surface area (Å²) in [5, 5.41) is 9.43. The molecule has 0 radical (unpaired) electrons. The Kier molecular flexibility index (Phi) is 12.8. The van der Waals surface area contributed by atoms with Crippen molar-refractivity contribution in [3.05, 3.63) is 0 Å². The van der Waals surface area contributed by atoms with Crippen LogP contribution < -0.4 is 17.2 Å². The summed E-state index contributed by atoms with van der Waals surface area (Å²) in [4.78, 5) is 13.6. The first-order valence-corrected chi connectivity index (χ1v) is 7.74. The average Bonchev–Trinajstić information content (AvgIpc) is 2.42. The Hall–Kier alpha value is -0.690. The van der Waals surface area contributed by atoms with Crippen LogP contribution in [0.4, 0.5) is 0 Å². The molecule has 0 aliphatic rings. The molecule has 0 amide bonds. The molecular weight excluding hydrogens is 256 g/mol. The van der Waals surface area contributed by atoms with Gasteiger partial charge in [0.2, 0.25) is 0 Å².